The number of nitrogens with one attached hydrogen (secondary N) is 1. The molecule has 3 atom stereocenters. The summed E-state index contributed by atoms with van der Waals surface area (Å²) in [5.41, 5.74) is 3.40. The van der Waals surface area contributed by atoms with Gasteiger partial charge in [-0.2, -0.15) is 0 Å². The number of carbonyl (C=O) groups excluding carboxylic acids is 2. The van der Waals surface area contributed by atoms with E-state index in [2.05, 4.69) is 41.4 Å². The zero-order chi connectivity index (χ0) is 24.4. The molecule has 3 aromatic rings. The minimum atomic E-state index is -1.19. The molecule has 1 N–H and O–H groups in total. The summed E-state index contributed by atoms with van der Waals surface area (Å²) in [6.07, 6.45) is 0.940. The number of para-hydroxylation sites is 2. The van der Waals surface area contributed by atoms with Crippen molar-refractivity contribution in [1.29, 1.82) is 0 Å². The number of nitrogens with zero attached hydrogens (tertiary/aromatic N) is 2. The summed E-state index contributed by atoms with van der Waals surface area (Å²) < 4.78 is -0.678. The zero-order valence-electron chi connectivity index (χ0n) is 19.5. The molecule has 0 saturated carbocycles. The third kappa shape index (κ3) is 2.83. The summed E-state index contributed by atoms with van der Waals surface area (Å²) in [7, 11) is 1.95. The molecule has 6 rings (SSSR count). The Kier molecular flexibility index (Phi) is 5.14. The number of benzene rings is 3. The van der Waals surface area contributed by atoms with Gasteiger partial charge in [0.2, 0.25) is 0 Å². The van der Waals surface area contributed by atoms with Crippen molar-refractivity contribution in [3.8, 4) is 0 Å². The van der Waals surface area contributed by atoms with Crippen molar-refractivity contribution in [3.63, 3.8) is 0 Å². The summed E-state index contributed by atoms with van der Waals surface area (Å²) in [4.78, 5) is 32.4. The highest BCUT2D eigenvalue weighted by Gasteiger charge is 2.77. The molecular weight excluding hydrogens is 474 g/mol. The highest BCUT2D eigenvalue weighted by atomic mass is 32.2. The van der Waals surface area contributed by atoms with E-state index in [1.54, 1.807) is 4.90 Å². The van der Waals surface area contributed by atoms with E-state index < -0.39 is 10.3 Å². The van der Waals surface area contributed by atoms with E-state index in [1.165, 1.54) is 17.3 Å². The van der Waals surface area contributed by atoms with Crippen LogP contribution in [0.25, 0.3) is 0 Å². The zero-order valence-corrected chi connectivity index (χ0v) is 21.2. The topological polar surface area (TPSA) is 52.7 Å². The highest BCUT2D eigenvalue weighted by Crippen LogP contribution is 2.66. The largest absolute Gasteiger partial charge is 0.324 e. The second-order valence-electron chi connectivity index (χ2n) is 9.32. The summed E-state index contributed by atoms with van der Waals surface area (Å²) in [6, 6.07) is 25.7. The first kappa shape index (κ1) is 22.5. The predicted molar refractivity (Wildman–Crippen MR) is 145 cm³/mol. The maximum absolute atomic E-state index is 14.7. The number of thioether (sulfide) groups is 1. The maximum atomic E-state index is 14.7. The number of fused-ring (bicyclic) bond motifs is 3. The van der Waals surface area contributed by atoms with Crippen LogP contribution >= 0.6 is 24.0 Å². The molecule has 0 bridgehead atoms. The normalized spacial score (nSPS) is 27.8. The molecule has 3 aromatic carbocycles. The van der Waals surface area contributed by atoms with Crippen LogP contribution in [-0.4, -0.2) is 39.4 Å². The fourth-order valence-corrected chi connectivity index (χ4v) is 8.29. The molecule has 3 aliphatic heterocycles. The summed E-state index contributed by atoms with van der Waals surface area (Å²) in [6.45, 7) is 2.68. The van der Waals surface area contributed by atoms with Gasteiger partial charge in [-0.25, -0.2) is 0 Å². The van der Waals surface area contributed by atoms with Crippen LogP contribution in [0, 0.1) is 0 Å². The summed E-state index contributed by atoms with van der Waals surface area (Å²) >= 11 is 7.24. The number of aryl methyl sites for hydroxylation is 1. The van der Waals surface area contributed by atoms with Crippen molar-refractivity contribution in [3.05, 3.63) is 95.6 Å². The summed E-state index contributed by atoms with van der Waals surface area (Å²) in [5.74, 6) is -0.550. The number of amides is 2. The van der Waals surface area contributed by atoms with E-state index in [0.29, 0.717) is 10.9 Å². The van der Waals surface area contributed by atoms with E-state index in [-0.39, 0.29) is 17.7 Å². The van der Waals surface area contributed by atoms with Crippen LogP contribution < -0.4 is 10.2 Å². The Morgan fingerprint density at radius 3 is 2.40 bits per heavy atom. The van der Waals surface area contributed by atoms with Crippen LogP contribution in [0.2, 0.25) is 0 Å². The molecule has 176 valence electrons. The Balaban J connectivity index is 1.62. The first-order chi connectivity index (χ1) is 16.9. The van der Waals surface area contributed by atoms with Gasteiger partial charge in [-0.05, 0) is 42.8 Å². The van der Waals surface area contributed by atoms with Crippen molar-refractivity contribution >= 4 is 51.5 Å². The number of likely N-dealkylation sites (N-methyl/N-ethyl adjacent to an activating group) is 1. The lowest BCUT2D eigenvalue weighted by molar-refractivity contribution is -0.132. The summed E-state index contributed by atoms with van der Waals surface area (Å²) in [5, 5.41) is 3.08. The average molecular weight is 500 g/mol. The van der Waals surface area contributed by atoms with Gasteiger partial charge in [-0.15, -0.1) is 0 Å². The third-order valence-corrected chi connectivity index (χ3v) is 9.57. The van der Waals surface area contributed by atoms with Crippen LogP contribution in [0.5, 0.6) is 0 Å². The molecule has 2 spiro atoms. The number of anilines is 2. The van der Waals surface area contributed by atoms with E-state index in [0.717, 1.165) is 28.9 Å². The lowest BCUT2D eigenvalue weighted by atomic mass is 9.72. The molecule has 2 fully saturated rings. The number of likely N-dealkylation sites (tertiary alicyclic amines) is 1. The molecule has 2 saturated heterocycles. The van der Waals surface area contributed by atoms with Gasteiger partial charge in [0.1, 0.15) is 9.07 Å². The molecule has 2 amide bonds. The van der Waals surface area contributed by atoms with Gasteiger partial charge in [0.05, 0.1) is 5.69 Å². The minimum Gasteiger partial charge on any atom is -0.324 e. The molecule has 35 heavy (non-hydrogen) atoms. The Morgan fingerprint density at radius 2 is 1.69 bits per heavy atom. The molecule has 0 aliphatic carbocycles. The second kappa shape index (κ2) is 8.01. The first-order valence-electron chi connectivity index (χ1n) is 11.8. The van der Waals surface area contributed by atoms with E-state index in [1.807, 2.05) is 61.6 Å². The molecule has 5 nitrogen and oxygen atoms in total. The van der Waals surface area contributed by atoms with Crippen LogP contribution in [0.4, 0.5) is 11.4 Å². The van der Waals surface area contributed by atoms with Crippen LogP contribution in [0.1, 0.15) is 29.5 Å². The minimum absolute atomic E-state index is 0.139. The Morgan fingerprint density at radius 1 is 1.00 bits per heavy atom. The third-order valence-electron chi connectivity index (χ3n) is 7.71. The fourth-order valence-electron chi connectivity index (χ4n) is 6.12. The van der Waals surface area contributed by atoms with E-state index in [9.17, 15) is 9.59 Å². The Bertz CT molecular complexity index is 1360. The predicted octanol–water partition coefficient (Wildman–Crippen LogP) is 4.93. The van der Waals surface area contributed by atoms with Crippen molar-refractivity contribution in [2.45, 2.75) is 29.5 Å². The lowest BCUT2D eigenvalue weighted by Gasteiger charge is -2.41. The van der Waals surface area contributed by atoms with Crippen LogP contribution in [-0.2, 0) is 21.5 Å². The highest BCUT2D eigenvalue weighted by molar-refractivity contribution is 8.25. The average Bonchev–Trinajstić information content (AvgIpc) is 3.43. The van der Waals surface area contributed by atoms with Gasteiger partial charge in [-0.1, -0.05) is 91.6 Å². The standard InChI is InChI=1S/C28H25N3O2S2/c1-3-18-13-15-19(16-14-18)22-17-30(2)27(21-11-7-8-12-23(21)29-24(27)32)28(22)25(33)31(26(34)35-28)20-9-5-4-6-10-20/h4-16,22H,3,17H2,1-2H3,(H,29,32). The van der Waals surface area contributed by atoms with Crippen LogP contribution in [0.3, 0.4) is 0 Å². The first-order valence-corrected chi connectivity index (χ1v) is 13.0. The molecule has 3 heterocycles. The van der Waals surface area contributed by atoms with Gasteiger partial charge in [0.25, 0.3) is 11.8 Å². The number of rotatable bonds is 3. The smallest absolute Gasteiger partial charge is 0.252 e. The lowest BCUT2D eigenvalue weighted by Crippen LogP contribution is -2.61. The second-order valence-corrected chi connectivity index (χ2v) is 11.2. The van der Waals surface area contributed by atoms with Crippen LogP contribution in [0.15, 0.2) is 78.9 Å². The number of carbonyl (C=O) groups is 2. The van der Waals surface area contributed by atoms with Gasteiger partial charge in [0.15, 0.2) is 5.54 Å². The monoisotopic (exact) mass is 499 g/mol. The number of hydrogen-bond donors (Lipinski definition) is 1. The number of thiocarbonyl (C=S) groups is 1. The Hall–Kier alpha value is -3.00. The van der Waals surface area contributed by atoms with E-state index >= 15 is 0 Å². The van der Waals surface area contributed by atoms with Gasteiger partial charge in [-0.3, -0.25) is 19.4 Å². The van der Waals surface area contributed by atoms with Crippen molar-refractivity contribution in [1.82, 2.24) is 4.90 Å². The fraction of sp³-hybridized carbons (Fsp3) is 0.250. The van der Waals surface area contributed by atoms with Crippen molar-refractivity contribution in [2.75, 3.05) is 23.8 Å². The molecule has 0 radical (unpaired) electrons. The SMILES string of the molecule is CCc1ccc(C2CN(C)C3(C(=O)Nc4ccccc43)C23SC(=S)N(c2ccccc2)C3=O)cc1. The van der Waals surface area contributed by atoms with Gasteiger partial charge in [0, 0.05) is 23.7 Å². The van der Waals surface area contributed by atoms with Gasteiger partial charge < -0.3 is 5.32 Å². The quantitative estimate of drug-likeness (QED) is 0.518. The van der Waals surface area contributed by atoms with Crippen molar-refractivity contribution in [2.24, 2.45) is 0 Å². The van der Waals surface area contributed by atoms with Gasteiger partial charge >= 0.3 is 0 Å². The molecular formula is C28H25N3O2S2. The Labute approximate surface area is 214 Å². The molecule has 0 aromatic heterocycles. The van der Waals surface area contributed by atoms with Crippen molar-refractivity contribution < 1.29 is 9.59 Å². The maximum Gasteiger partial charge on any atom is 0.252 e. The van der Waals surface area contributed by atoms with E-state index in [4.69, 9.17) is 12.2 Å². The molecule has 3 unspecified atom stereocenters. The number of hydrogen-bond acceptors (Lipinski definition) is 5. The molecule has 7 heteroatoms. The molecule has 3 aliphatic rings.